The largest absolute Gasteiger partial charge is 0.464 e. The summed E-state index contributed by atoms with van der Waals surface area (Å²) in [5.74, 6) is -0.646. The van der Waals surface area contributed by atoms with Crippen LogP contribution in [0.2, 0.25) is 0 Å². The molecule has 0 aliphatic carbocycles. The normalized spacial score (nSPS) is 10.8. The zero-order valence-corrected chi connectivity index (χ0v) is 12.7. The van der Waals surface area contributed by atoms with Gasteiger partial charge in [0.05, 0.1) is 12.8 Å². The molecule has 104 valence electrons. The van der Waals surface area contributed by atoms with Gasteiger partial charge in [-0.1, -0.05) is 0 Å². The van der Waals surface area contributed by atoms with Crippen LogP contribution in [0.25, 0.3) is 0 Å². The van der Waals surface area contributed by atoms with Crippen molar-refractivity contribution < 1.29 is 19.1 Å². The van der Waals surface area contributed by atoms with Crippen LogP contribution in [0.1, 0.15) is 31.3 Å². The highest BCUT2D eigenvalue weighted by molar-refractivity contribution is 9.10. The number of amides is 1. The number of anilines is 1. The molecule has 1 rings (SSSR count). The van der Waals surface area contributed by atoms with Crippen LogP contribution in [0, 0.1) is 0 Å². The Morgan fingerprint density at radius 3 is 2.53 bits per heavy atom. The number of aromatic nitrogens is 1. The second kappa shape index (κ2) is 6.01. The molecule has 1 heterocycles. The van der Waals surface area contributed by atoms with Crippen molar-refractivity contribution in [2.45, 2.75) is 26.4 Å². The molecule has 1 aromatic rings. The van der Waals surface area contributed by atoms with Crippen LogP contribution in [0.3, 0.4) is 0 Å². The number of methoxy groups -OCH3 is 1. The molecule has 19 heavy (non-hydrogen) atoms. The van der Waals surface area contributed by atoms with Crippen LogP contribution in [0.5, 0.6) is 0 Å². The van der Waals surface area contributed by atoms with Gasteiger partial charge in [-0.25, -0.2) is 14.6 Å². The van der Waals surface area contributed by atoms with E-state index in [-0.39, 0.29) is 11.4 Å². The molecule has 0 aliphatic rings. The fourth-order valence-corrected chi connectivity index (χ4v) is 1.62. The third-order valence-electron chi connectivity index (χ3n) is 1.90. The number of nitrogens with zero attached hydrogens (tertiary/aromatic N) is 1. The van der Waals surface area contributed by atoms with Gasteiger partial charge in [-0.2, -0.15) is 0 Å². The van der Waals surface area contributed by atoms with E-state index in [1.54, 1.807) is 26.8 Å². The minimum absolute atomic E-state index is 0.00253. The molecule has 0 radical (unpaired) electrons. The molecule has 1 N–H and O–H groups in total. The Balaban J connectivity index is 3.00. The van der Waals surface area contributed by atoms with Crippen molar-refractivity contribution in [3.05, 3.63) is 22.4 Å². The van der Waals surface area contributed by atoms with Crippen molar-refractivity contribution >= 4 is 33.7 Å². The number of pyridine rings is 1. The summed E-state index contributed by atoms with van der Waals surface area (Å²) in [6, 6.07) is 1.60. The van der Waals surface area contributed by atoms with Gasteiger partial charge in [-0.05, 0) is 42.8 Å². The lowest BCUT2D eigenvalue weighted by molar-refractivity contribution is 0.0595. The number of hydrogen-bond acceptors (Lipinski definition) is 5. The quantitative estimate of drug-likeness (QED) is 0.843. The van der Waals surface area contributed by atoms with Gasteiger partial charge >= 0.3 is 12.1 Å². The number of carbonyl (C=O) groups excluding carboxylic acids is 2. The van der Waals surface area contributed by atoms with Crippen molar-refractivity contribution in [3.8, 4) is 0 Å². The molecule has 0 spiro atoms. The minimum atomic E-state index is -0.675. The first-order chi connectivity index (χ1) is 8.74. The fourth-order valence-electron chi connectivity index (χ4n) is 1.21. The van der Waals surface area contributed by atoms with Crippen molar-refractivity contribution in [2.24, 2.45) is 0 Å². The molecule has 7 heteroatoms. The monoisotopic (exact) mass is 330 g/mol. The summed E-state index contributed by atoms with van der Waals surface area (Å²) in [7, 11) is 1.24. The predicted molar refractivity (Wildman–Crippen MR) is 73.1 cm³/mol. The fraction of sp³-hybridized carbons (Fsp3) is 0.417. The molecular weight excluding hydrogens is 316 g/mol. The van der Waals surface area contributed by atoms with E-state index in [0.29, 0.717) is 4.47 Å². The maximum absolute atomic E-state index is 11.7. The summed E-state index contributed by atoms with van der Waals surface area (Å²) in [5, 5.41) is 2.48. The second-order valence-corrected chi connectivity index (χ2v) is 5.49. The third-order valence-corrected chi connectivity index (χ3v) is 2.57. The van der Waals surface area contributed by atoms with Crippen LogP contribution in [0.4, 0.5) is 10.5 Å². The first kappa shape index (κ1) is 15.4. The Morgan fingerprint density at radius 1 is 1.37 bits per heavy atom. The summed E-state index contributed by atoms with van der Waals surface area (Å²) < 4.78 is 10.2. The van der Waals surface area contributed by atoms with Crippen LogP contribution in [0.15, 0.2) is 16.7 Å². The maximum Gasteiger partial charge on any atom is 0.412 e. The van der Waals surface area contributed by atoms with E-state index in [1.807, 2.05) is 0 Å². The Kier molecular flexibility index (Phi) is 4.88. The highest BCUT2D eigenvalue weighted by Crippen LogP contribution is 2.26. The SMILES string of the molecule is COC(=O)c1nccc(Br)c1NC(=O)OC(C)(C)C. The second-order valence-electron chi connectivity index (χ2n) is 4.63. The van der Waals surface area contributed by atoms with Gasteiger partial charge in [0.15, 0.2) is 5.69 Å². The number of hydrogen-bond donors (Lipinski definition) is 1. The molecule has 1 aromatic heterocycles. The van der Waals surface area contributed by atoms with E-state index in [2.05, 4.69) is 31.0 Å². The topological polar surface area (TPSA) is 77.5 Å². The van der Waals surface area contributed by atoms with E-state index in [9.17, 15) is 9.59 Å². The van der Waals surface area contributed by atoms with Gasteiger partial charge in [0.25, 0.3) is 0 Å². The molecule has 0 atom stereocenters. The molecule has 0 fully saturated rings. The number of ether oxygens (including phenoxy) is 2. The Hall–Kier alpha value is -1.63. The van der Waals surface area contributed by atoms with Gasteiger partial charge in [0.1, 0.15) is 5.60 Å². The van der Waals surface area contributed by atoms with Crippen LogP contribution in [-0.2, 0) is 9.47 Å². The van der Waals surface area contributed by atoms with E-state index in [1.165, 1.54) is 13.3 Å². The molecule has 0 aliphatic heterocycles. The standard InChI is InChI=1S/C12H15BrN2O4/c1-12(2,3)19-11(17)15-8-7(13)5-6-14-9(8)10(16)18-4/h5-6H,1-4H3,(H,15,17). The maximum atomic E-state index is 11.7. The van der Waals surface area contributed by atoms with Gasteiger partial charge in [-0.3, -0.25) is 5.32 Å². The summed E-state index contributed by atoms with van der Waals surface area (Å²) in [6.45, 7) is 5.23. The van der Waals surface area contributed by atoms with Crippen molar-refractivity contribution in [1.82, 2.24) is 4.98 Å². The Labute approximate surface area is 119 Å². The Bertz CT molecular complexity index is 497. The number of nitrogens with one attached hydrogen (secondary N) is 1. The minimum Gasteiger partial charge on any atom is -0.464 e. The predicted octanol–water partition coefficient (Wildman–Crippen LogP) is 2.98. The summed E-state index contributed by atoms with van der Waals surface area (Å²) in [4.78, 5) is 27.1. The summed E-state index contributed by atoms with van der Waals surface area (Å²) >= 11 is 3.23. The first-order valence-electron chi connectivity index (χ1n) is 5.47. The molecule has 1 amide bonds. The summed E-state index contributed by atoms with van der Waals surface area (Å²) in [6.07, 6.45) is 0.753. The molecule has 0 aromatic carbocycles. The highest BCUT2D eigenvalue weighted by atomic mass is 79.9. The van der Waals surface area contributed by atoms with Crippen molar-refractivity contribution in [2.75, 3.05) is 12.4 Å². The lowest BCUT2D eigenvalue weighted by Crippen LogP contribution is -2.28. The number of carbonyl (C=O) groups is 2. The lowest BCUT2D eigenvalue weighted by Gasteiger charge is -2.20. The van der Waals surface area contributed by atoms with Crippen molar-refractivity contribution in [3.63, 3.8) is 0 Å². The third kappa shape index (κ3) is 4.51. The number of esters is 1. The summed E-state index contributed by atoms with van der Waals surface area (Å²) in [5.41, 5.74) is -0.421. The molecule has 0 bridgehead atoms. The Morgan fingerprint density at radius 2 is 2.00 bits per heavy atom. The molecule has 0 saturated carbocycles. The zero-order valence-electron chi connectivity index (χ0n) is 11.1. The van der Waals surface area contributed by atoms with Crippen LogP contribution in [-0.4, -0.2) is 29.8 Å². The molecule has 0 unspecified atom stereocenters. The van der Waals surface area contributed by atoms with Gasteiger partial charge < -0.3 is 9.47 Å². The average molecular weight is 331 g/mol. The first-order valence-corrected chi connectivity index (χ1v) is 6.26. The van der Waals surface area contributed by atoms with E-state index in [0.717, 1.165) is 0 Å². The van der Waals surface area contributed by atoms with Crippen LogP contribution >= 0.6 is 15.9 Å². The smallest absolute Gasteiger partial charge is 0.412 e. The van der Waals surface area contributed by atoms with E-state index in [4.69, 9.17) is 4.74 Å². The number of rotatable bonds is 2. The lowest BCUT2D eigenvalue weighted by atomic mass is 10.2. The molecule has 0 saturated heterocycles. The van der Waals surface area contributed by atoms with Gasteiger partial charge in [0.2, 0.25) is 0 Å². The van der Waals surface area contributed by atoms with Crippen molar-refractivity contribution in [1.29, 1.82) is 0 Å². The molecular formula is C12H15BrN2O4. The van der Waals surface area contributed by atoms with E-state index >= 15 is 0 Å². The van der Waals surface area contributed by atoms with E-state index < -0.39 is 17.7 Å². The highest BCUT2D eigenvalue weighted by Gasteiger charge is 2.21. The zero-order chi connectivity index (χ0) is 14.6. The van der Waals surface area contributed by atoms with Gasteiger partial charge in [-0.15, -0.1) is 0 Å². The van der Waals surface area contributed by atoms with Crippen LogP contribution < -0.4 is 5.32 Å². The van der Waals surface area contributed by atoms with Gasteiger partial charge in [0, 0.05) is 10.7 Å². The average Bonchev–Trinajstić information content (AvgIpc) is 2.28. The number of halogens is 1. The molecule has 6 nitrogen and oxygen atoms in total.